The molecule has 1 aromatic carbocycles. The minimum absolute atomic E-state index is 0. The average molecular weight is 271 g/mol. The third-order valence-corrected chi connectivity index (χ3v) is 3.32. The van der Waals surface area contributed by atoms with Crippen molar-refractivity contribution >= 4 is 18.3 Å². The zero-order valence-electron chi connectivity index (χ0n) is 11.3. The third kappa shape index (κ3) is 4.67. The fourth-order valence-corrected chi connectivity index (χ4v) is 1.56. The molecule has 4 heteroatoms. The van der Waals surface area contributed by atoms with Crippen LogP contribution < -0.4 is 11.1 Å². The Hall–Kier alpha value is -1.06. The van der Waals surface area contributed by atoms with E-state index in [1.54, 1.807) is 0 Å². The maximum absolute atomic E-state index is 11.9. The highest BCUT2D eigenvalue weighted by atomic mass is 35.5. The summed E-state index contributed by atoms with van der Waals surface area (Å²) < 4.78 is 0. The predicted octanol–water partition coefficient (Wildman–Crippen LogP) is 2.66. The van der Waals surface area contributed by atoms with E-state index in [-0.39, 0.29) is 23.9 Å². The van der Waals surface area contributed by atoms with Crippen molar-refractivity contribution in [3.05, 3.63) is 35.4 Å². The number of amides is 1. The molecule has 0 bridgehead atoms. The molecule has 1 rings (SSSR count). The van der Waals surface area contributed by atoms with Crippen molar-refractivity contribution in [3.8, 4) is 0 Å². The summed E-state index contributed by atoms with van der Waals surface area (Å²) in [6, 6.07) is 7.54. The van der Waals surface area contributed by atoms with Gasteiger partial charge in [-0.2, -0.15) is 0 Å². The van der Waals surface area contributed by atoms with Crippen LogP contribution in [0.3, 0.4) is 0 Å². The Morgan fingerprint density at radius 1 is 1.22 bits per heavy atom. The van der Waals surface area contributed by atoms with Gasteiger partial charge in [0.05, 0.1) is 0 Å². The summed E-state index contributed by atoms with van der Waals surface area (Å²) in [6.07, 6.45) is 1.72. The number of hydrogen-bond acceptors (Lipinski definition) is 2. The lowest BCUT2D eigenvalue weighted by Crippen LogP contribution is -2.49. The molecular formula is C14H23ClN2O. The minimum Gasteiger partial charge on any atom is -0.350 e. The van der Waals surface area contributed by atoms with Gasteiger partial charge in [0.25, 0.3) is 5.91 Å². The second kappa shape index (κ2) is 7.39. The van der Waals surface area contributed by atoms with E-state index in [1.807, 2.05) is 45.0 Å². The Bertz CT molecular complexity index is 372. The molecule has 102 valence electrons. The van der Waals surface area contributed by atoms with Crippen molar-refractivity contribution in [1.82, 2.24) is 5.32 Å². The van der Waals surface area contributed by atoms with Crippen molar-refractivity contribution in [2.75, 3.05) is 6.54 Å². The molecule has 0 spiro atoms. The number of hydrogen-bond donors (Lipinski definition) is 2. The van der Waals surface area contributed by atoms with Gasteiger partial charge in [-0.3, -0.25) is 4.79 Å². The fraction of sp³-hybridized carbons (Fsp3) is 0.500. The van der Waals surface area contributed by atoms with Gasteiger partial charge in [-0.05, 0) is 31.9 Å². The van der Waals surface area contributed by atoms with Crippen LogP contribution >= 0.6 is 12.4 Å². The molecule has 0 aromatic heterocycles. The third-order valence-electron chi connectivity index (χ3n) is 3.32. The number of halogens is 1. The molecule has 0 radical (unpaired) electrons. The van der Waals surface area contributed by atoms with Crippen molar-refractivity contribution in [2.24, 2.45) is 5.73 Å². The van der Waals surface area contributed by atoms with Gasteiger partial charge in [0.1, 0.15) is 0 Å². The molecule has 3 N–H and O–H groups in total. The van der Waals surface area contributed by atoms with Crippen LogP contribution in [0.5, 0.6) is 0 Å². The molecule has 0 atom stereocenters. The standard InChI is InChI=1S/C14H22N2O.ClH/c1-4-14(15,5-2)10-16-13(17)12-8-6-11(3)7-9-12;/h6-9H,4-5,10,15H2,1-3H3,(H,16,17);1H. The number of rotatable bonds is 5. The first-order valence-corrected chi connectivity index (χ1v) is 6.14. The molecule has 0 aliphatic carbocycles. The van der Waals surface area contributed by atoms with Gasteiger partial charge in [0.15, 0.2) is 0 Å². The number of benzene rings is 1. The van der Waals surface area contributed by atoms with Gasteiger partial charge >= 0.3 is 0 Å². The largest absolute Gasteiger partial charge is 0.350 e. The zero-order valence-corrected chi connectivity index (χ0v) is 12.1. The van der Waals surface area contributed by atoms with Gasteiger partial charge in [0, 0.05) is 17.6 Å². The van der Waals surface area contributed by atoms with Crippen LogP contribution in [-0.2, 0) is 0 Å². The topological polar surface area (TPSA) is 55.1 Å². The lowest BCUT2D eigenvalue weighted by Gasteiger charge is -2.26. The Labute approximate surface area is 116 Å². The number of nitrogens with one attached hydrogen (secondary N) is 1. The van der Waals surface area contributed by atoms with Crippen LogP contribution in [0, 0.1) is 6.92 Å². The van der Waals surface area contributed by atoms with E-state index in [2.05, 4.69) is 5.32 Å². The summed E-state index contributed by atoms with van der Waals surface area (Å²) in [4.78, 5) is 11.9. The van der Waals surface area contributed by atoms with Gasteiger partial charge in [-0.1, -0.05) is 31.5 Å². The van der Waals surface area contributed by atoms with E-state index in [1.165, 1.54) is 0 Å². The summed E-state index contributed by atoms with van der Waals surface area (Å²) in [5.41, 5.74) is 7.68. The van der Waals surface area contributed by atoms with Gasteiger partial charge in [-0.15, -0.1) is 12.4 Å². The molecular weight excluding hydrogens is 248 g/mol. The summed E-state index contributed by atoms with van der Waals surface area (Å²) >= 11 is 0. The molecule has 3 nitrogen and oxygen atoms in total. The first-order valence-electron chi connectivity index (χ1n) is 6.14. The summed E-state index contributed by atoms with van der Waals surface area (Å²) in [6.45, 7) is 6.61. The molecule has 0 saturated heterocycles. The van der Waals surface area contributed by atoms with Crippen molar-refractivity contribution < 1.29 is 4.79 Å². The van der Waals surface area contributed by atoms with Crippen LogP contribution in [0.15, 0.2) is 24.3 Å². The van der Waals surface area contributed by atoms with Crippen LogP contribution in [-0.4, -0.2) is 18.0 Å². The molecule has 0 unspecified atom stereocenters. The first-order chi connectivity index (χ1) is 8.00. The lowest BCUT2D eigenvalue weighted by molar-refractivity contribution is 0.0942. The van der Waals surface area contributed by atoms with Crippen LogP contribution in [0.2, 0.25) is 0 Å². The molecule has 18 heavy (non-hydrogen) atoms. The normalized spacial score (nSPS) is 10.7. The van der Waals surface area contributed by atoms with Crippen LogP contribution in [0.4, 0.5) is 0 Å². The number of aryl methyl sites for hydroxylation is 1. The summed E-state index contributed by atoms with van der Waals surface area (Å²) in [7, 11) is 0. The van der Waals surface area contributed by atoms with Crippen LogP contribution in [0.1, 0.15) is 42.6 Å². The highest BCUT2D eigenvalue weighted by molar-refractivity contribution is 5.94. The van der Waals surface area contributed by atoms with Gasteiger partial charge < -0.3 is 11.1 Å². The van der Waals surface area contributed by atoms with Crippen molar-refractivity contribution in [3.63, 3.8) is 0 Å². The number of carbonyl (C=O) groups excluding carboxylic acids is 1. The Balaban J connectivity index is 0.00000289. The van der Waals surface area contributed by atoms with E-state index in [0.717, 1.165) is 18.4 Å². The molecule has 1 aromatic rings. The second-order valence-corrected chi connectivity index (χ2v) is 4.62. The predicted molar refractivity (Wildman–Crippen MR) is 78.3 cm³/mol. The van der Waals surface area contributed by atoms with E-state index in [9.17, 15) is 4.79 Å². The van der Waals surface area contributed by atoms with E-state index >= 15 is 0 Å². The SMILES string of the molecule is CCC(N)(CC)CNC(=O)c1ccc(C)cc1.Cl. The molecule has 0 aliphatic rings. The Morgan fingerprint density at radius 3 is 2.17 bits per heavy atom. The van der Waals surface area contributed by atoms with E-state index in [0.29, 0.717) is 12.1 Å². The fourth-order valence-electron chi connectivity index (χ4n) is 1.56. The number of carbonyl (C=O) groups is 1. The van der Waals surface area contributed by atoms with Crippen molar-refractivity contribution in [2.45, 2.75) is 39.2 Å². The molecule has 0 aliphatic heterocycles. The summed E-state index contributed by atoms with van der Waals surface area (Å²) in [5, 5.41) is 2.90. The molecule has 0 fully saturated rings. The van der Waals surface area contributed by atoms with Crippen molar-refractivity contribution in [1.29, 1.82) is 0 Å². The maximum atomic E-state index is 11.9. The van der Waals surface area contributed by atoms with E-state index < -0.39 is 0 Å². The maximum Gasteiger partial charge on any atom is 0.251 e. The molecule has 0 heterocycles. The Morgan fingerprint density at radius 2 is 1.72 bits per heavy atom. The lowest BCUT2D eigenvalue weighted by atomic mass is 9.94. The zero-order chi connectivity index (χ0) is 12.9. The monoisotopic (exact) mass is 270 g/mol. The smallest absolute Gasteiger partial charge is 0.251 e. The van der Waals surface area contributed by atoms with Crippen LogP contribution in [0.25, 0.3) is 0 Å². The molecule has 1 amide bonds. The quantitative estimate of drug-likeness (QED) is 0.864. The Kier molecular flexibility index (Phi) is 6.96. The highest BCUT2D eigenvalue weighted by Gasteiger charge is 2.21. The second-order valence-electron chi connectivity index (χ2n) is 4.62. The van der Waals surface area contributed by atoms with Gasteiger partial charge in [0.2, 0.25) is 0 Å². The highest BCUT2D eigenvalue weighted by Crippen LogP contribution is 2.10. The molecule has 0 saturated carbocycles. The first kappa shape index (κ1) is 16.9. The minimum atomic E-state index is -0.291. The van der Waals surface area contributed by atoms with E-state index in [4.69, 9.17) is 5.73 Å². The summed E-state index contributed by atoms with van der Waals surface area (Å²) in [5.74, 6) is -0.0540. The number of nitrogens with two attached hydrogens (primary N) is 1. The van der Waals surface area contributed by atoms with Gasteiger partial charge in [-0.25, -0.2) is 0 Å². The average Bonchev–Trinajstić information content (AvgIpc) is 2.36.